The van der Waals surface area contributed by atoms with E-state index in [4.69, 9.17) is 10.8 Å². The molecule has 1 atom stereocenters. The summed E-state index contributed by atoms with van der Waals surface area (Å²) in [6.45, 7) is 3.50. The zero-order valence-electron chi connectivity index (χ0n) is 14.0. The number of hydrogen-bond acceptors (Lipinski definition) is 5. The molecule has 2 rings (SSSR count). The van der Waals surface area contributed by atoms with Gasteiger partial charge in [0.05, 0.1) is 31.7 Å². The molecule has 1 aromatic carbocycles. The smallest absolute Gasteiger partial charge is 0.416 e. The quantitative estimate of drug-likeness (QED) is 0.606. The van der Waals surface area contributed by atoms with Crippen LogP contribution < -0.4 is 21.1 Å². The molecule has 26 heavy (non-hydrogen) atoms. The summed E-state index contributed by atoms with van der Waals surface area (Å²) in [4.78, 5) is 21.7. The number of quaternary nitrogens is 1. The molecule has 0 spiro atoms. The Kier molecular flexibility index (Phi) is 8.33. The Morgan fingerprint density at radius 2 is 1.92 bits per heavy atom. The minimum absolute atomic E-state index is 0.0856. The van der Waals surface area contributed by atoms with Crippen LogP contribution in [0.5, 0.6) is 0 Å². The van der Waals surface area contributed by atoms with E-state index in [1.807, 2.05) is 4.90 Å². The van der Waals surface area contributed by atoms with E-state index < -0.39 is 29.7 Å². The van der Waals surface area contributed by atoms with Crippen molar-refractivity contribution in [2.45, 2.75) is 25.1 Å². The van der Waals surface area contributed by atoms with Crippen LogP contribution in [0.1, 0.15) is 18.4 Å². The van der Waals surface area contributed by atoms with Crippen molar-refractivity contribution in [1.29, 1.82) is 0 Å². The first-order valence-corrected chi connectivity index (χ1v) is 8.03. The van der Waals surface area contributed by atoms with Gasteiger partial charge in [-0.15, -0.1) is 0 Å². The van der Waals surface area contributed by atoms with Crippen molar-refractivity contribution in [1.82, 2.24) is 0 Å². The lowest BCUT2D eigenvalue weighted by molar-refractivity contribution is -0.655. The van der Waals surface area contributed by atoms with Crippen molar-refractivity contribution < 1.29 is 38.3 Å². The van der Waals surface area contributed by atoms with Crippen LogP contribution in [-0.2, 0) is 15.8 Å². The van der Waals surface area contributed by atoms with Gasteiger partial charge in [0, 0.05) is 11.7 Å². The number of carbonyl (C=O) groups is 2. The van der Waals surface area contributed by atoms with E-state index in [0.717, 1.165) is 32.2 Å². The molecule has 1 aliphatic heterocycles. The van der Waals surface area contributed by atoms with Crippen LogP contribution in [0.4, 0.5) is 18.9 Å². The minimum atomic E-state index is -4.25. The van der Waals surface area contributed by atoms with Crippen LogP contribution in [0.2, 0.25) is 0 Å². The summed E-state index contributed by atoms with van der Waals surface area (Å²) in [7, 11) is 0. The lowest BCUT2D eigenvalue weighted by Crippen LogP contribution is -2.89. The number of aliphatic carboxylic acids is 2. The summed E-state index contributed by atoms with van der Waals surface area (Å²) in [6, 6.07) is 4.44. The van der Waals surface area contributed by atoms with Crippen molar-refractivity contribution in [3.8, 4) is 0 Å². The topological polar surface area (TPSA) is 123 Å². The predicted octanol–water partition coefficient (Wildman–Crippen LogP) is -0.983. The van der Waals surface area contributed by atoms with Crippen LogP contribution in [0.15, 0.2) is 24.3 Å². The molecular formula is C16H22F3N3O4. The highest BCUT2D eigenvalue weighted by Gasteiger charge is 2.31. The number of rotatable bonds is 5. The van der Waals surface area contributed by atoms with Crippen LogP contribution >= 0.6 is 0 Å². The average Bonchev–Trinajstić information content (AvgIpc) is 2.60. The fourth-order valence-electron chi connectivity index (χ4n) is 2.28. The Bertz CT molecular complexity index is 605. The fourth-order valence-corrected chi connectivity index (χ4v) is 2.28. The molecule has 0 aromatic heterocycles. The highest BCUT2D eigenvalue weighted by molar-refractivity contribution is 5.74. The molecule has 1 aromatic rings. The number of benzene rings is 1. The molecule has 7 nitrogen and oxygen atoms in total. The van der Waals surface area contributed by atoms with Gasteiger partial charge in [-0.25, -0.2) is 0 Å². The second-order valence-electron chi connectivity index (χ2n) is 5.76. The Morgan fingerprint density at radius 3 is 2.42 bits per heavy atom. The second kappa shape index (κ2) is 9.97. The Hall–Kier alpha value is -2.33. The molecule has 0 amide bonds. The first-order valence-electron chi connectivity index (χ1n) is 8.03. The Balaban J connectivity index is 0.000000294. The third-order valence-corrected chi connectivity index (χ3v) is 3.72. The molecule has 1 fully saturated rings. The van der Waals surface area contributed by atoms with E-state index >= 15 is 0 Å². The monoisotopic (exact) mass is 377 g/mol. The van der Waals surface area contributed by atoms with Gasteiger partial charge in [0.2, 0.25) is 0 Å². The maximum atomic E-state index is 12.5. The van der Waals surface area contributed by atoms with Crippen LogP contribution in [0, 0.1) is 0 Å². The number of hydrogen-bond donors (Lipinski definition) is 3. The summed E-state index contributed by atoms with van der Waals surface area (Å²) in [5.74, 6) is -2.47. The number of anilines is 1. The van der Waals surface area contributed by atoms with E-state index in [1.54, 1.807) is 6.07 Å². The molecule has 0 aliphatic carbocycles. The standard InChI is InChI=1S/C11H13F3N2.C5H9NO4/c12-11(13,14)9-2-1-3-10(8-9)16-6-4-15-5-7-16;6-3(5(9)10)1-2-4(7)8/h1-3,8,15H,4-7H2;3H,1-2,6H2,(H,7,8)(H,9,10). The Morgan fingerprint density at radius 1 is 1.31 bits per heavy atom. The third-order valence-electron chi connectivity index (χ3n) is 3.72. The predicted molar refractivity (Wildman–Crippen MR) is 85.2 cm³/mol. The highest BCUT2D eigenvalue weighted by atomic mass is 19.4. The summed E-state index contributed by atoms with van der Waals surface area (Å²) in [6.07, 6.45) is -4.65. The highest BCUT2D eigenvalue weighted by Crippen LogP contribution is 2.31. The summed E-state index contributed by atoms with van der Waals surface area (Å²) in [5, 5.41) is 20.1. The van der Waals surface area contributed by atoms with Gasteiger partial charge in [0.1, 0.15) is 6.04 Å². The van der Waals surface area contributed by atoms with Gasteiger partial charge in [-0.05, 0) is 31.0 Å². The SMILES string of the molecule is FC(F)(F)c1cccc(N2CC[NH2+]CC2)c1.NC(CCC(=O)[O-])C(=O)O. The van der Waals surface area contributed by atoms with E-state index in [-0.39, 0.29) is 12.8 Å². The number of nitrogens with two attached hydrogens (primary N) is 2. The molecule has 5 N–H and O–H groups in total. The summed E-state index contributed by atoms with van der Waals surface area (Å²) >= 11 is 0. The van der Waals surface area contributed by atoms with E-state index in [2.05, 4.69) is 5.32 Å². The molecule has 0 saturated carbocycles. The molecule has 1 aliphatic rings. The van der Waals surface area contributed by atoms with E-state index in [1.165, 1.54) is 12.1 Å². The Labute approximate surface area is 148 Å². The van der Waals surface area contributed by atoms with Gasteiger partial charge in [-0.2, -0.15) is 13.2 Å². The first kappa shape index (κ1) is 21.7. The fraction of sp³-hybridized carbons (Fsp3) is 0.500. The summed E-state index contributed by atoms with van der Waals surface area (Å²) < 4.78 is 37.5. The van der Waals surface area contributed by atoms with Gasteiger partial charge < -0.3 is 31.0 Å². The third kappa shape index (κ3) is 7.70. The number of carbonyl (C=O) groups excluding carboxylic acids is 1. The van der Waals surface area contributed by atoms with E-state index in [9.17, 15) is 27.9 Å². The average molecular weight is 377 g/mol. The summed E-state index contributed by atoms with van der Waals surface area (Å²) in [5.41, 5.74) is 5.07. The van der Waals surface area contributed by atoms with Gasteiger partial charge in [-0.3, -0.25) is 4.79 Å². The minimum Gasteiger partial charge on any atom is -0.550 e. The first-order chi connectivity index (χ1) is 12.1. The van der Waals surface area contributed by atoms with Crippen molar-refractivity contribution in [2.24, 2.45) is 5.73 Å². The molecule has 10 heteroatoms. The lowest BCUT2D eigenvalue weighted by atomic mass is 10.1. The van der Waals surface area contributed by atoms with Crippen LogP contribution in [-0.4, -0.2) is 49.3 Å². The number of alkyl halides is 3. The molecule has 1 saturated heterocycles. The zero-order valence-corrected chi connectivity index (χ0v) is 14.0. The van der Waals surface area contributed by atoms with Gasteiger partial charge in [0.15, 0.2) is 0 Å². The van der Waals surface area contributed by atoms with Crippen LogP contribution in [0.25, 0.3) is 0 Å². The molecule has 0 radical (unpaired) electrons. The number of carboxylic acids is 2. The molecule has 1 heterocycles. The van der Waals surface area contributed by atoms with E-state index in [0.29, 0.717) is 5.69 Å². The van der Waals surface area contributed by atoms with Gasteiger partial charge in [0.25, 0.3) is 0 Å². The van der Waals surface area contributed by atoms with Crippen molar-refractivity contribution in [3.05, 3.63) is 29.8 Å². The van der Waals surface area contributed by atoms with Gasteiger partial charge >= 0.3 is 12.1 Å². The lowest BCUT2D eigenvalue weighted by Gasteiger charge is -2.27. The van der Waals surface area contributed by atoms with Gasteiger partial charge in [-0.1, -0.05) is 6.07 Å². The molecule has 1 unspecified atom stereocenters. The molecule has 0 bridgehead atoms. The number of nitrogens with zero attached hydrogens (tertiary/aromatic N) is 1. The largest absolute Gasteiger partial charge is 0.550 e. The molecular weight excluding hydrogens is 355 g/mol. The van der Waals surface area contributed by atoms with Crippen LogP contribution in [0.3, 0.4) is 0 Å². The second-order valence-corrected chi connectivity index (χ2v) is 5.76. The number of halogens is 3. The van der Waals surface area contributed by atoms with Crippen molar-refractivity contribution in [3.63, 3.8) is 0 Å². The maximum absolute atomic E-state index is 12.5. The number of carboxylic acid groups (broad SMARTS) is 2. The number of piperazine rings is 1. The normalized spacial score (nSPS) is 15.6. The zero-order chi connectivity index (χ0) is 19.7. The van der Waals surface area contributed by atoms with Crippen molar-refractivity contribution in [2.75, 3.05) is 31.1 Å². The molecule has 146 valence electrons. The maximum Gasteiger partial charge on any atom is 0.416 e. The van der Waals surface area contributed by atoms with Crippen molar-refractivity contribution >= 4 is 17.6 Å².